The van der Waals surface area contributed by atoms with E-state index in [0.717, 1.165) is 9.87 Å². The Balaban J connectivity index is 1.98. The van der Waals surface area contributed by atoms with Gasteiger partial charge in [0.1, 0.15) is 17.7 Å². The number of carbonyl (C=O) groups is 1. The van der Waals surface area contributed by atoms with Crippen LogP contribution in [0.4, 0.5) is 11.5 Å². The van der Waals surface area contributed by atoms with Gasteiger partial charge in [-0.15, -0.1) is 0 Å². The van der Waals surface area contributed by atoms with Gasteiger partial charge in [-0.05, 0) is 41.8 Å². The molecule has 0 aliphatic rings. The third-order valence-electron chi connectivity index (χ3n) is 4.50. The highest BCUT2D eigenvalue weighted by atomic mass is 32.2. The molecule has 0 spiro atoms. The van der Waals surface area contributed by atoms with E-state index in [-0.39, 0.29) is 22.8 Å². The highest BCUT2D eigenvalue weighted by Gasteiger charge is 2.24. The molecule has 1 aromatic heterocycles. The third-order valence-corrected chi connectivity index (χ3v) is 5.20. The number of hydrogen-bond acceptors (Lipinski definition) is 6. The fourth-order valence-electron chi connectivity index (χ4n) is 2.88. The van der Waals surface area contributed by atoms with Crippen LogP contribution in [0.1, 0.15) is 35.7 Å². The first-order valence-corrected chi connectivity index (χ1v) is 10.2. The van der Waals surface area contributed by atoms with Crippen LogP contribution in [0, 0.1) is 0 Å². The van der Waals surface area contributed by atoms with E-state index in [1.165, 1.54) is 44.2 Å². The van der Waals surface area contributed by atoms with E-state index >= 15 is 0 Å². The predicted molar refractivity (Wildman–Crippen MR) is 113 cm³/mol. The Labute approximate surface area is 176 Å². The van der Waals surface area contributed by atoms with E-state index in [2.05, 4.69) is 18.8 Å². The van der Waals surface area contributed by atoms with Crippen molar-refractivity contribution in [1.82, 2.24) is 4.98 Å². The van der Waals surface area contributed by atoms with Crippen LogP contribution in [-0.2, 0) is 16.0 Å². The van der Waals surface area contributed by atoms with E-state index in [1.54, 1.807) is 0 Å². The van der Waals surface area contributed by atoms with Crippen LogP contribution in [0.2, 0.25) is 0 Å². The zero-order valence-electron chi connectivity index (χ0n) is 17.0. The molecule has 1 N–H and O–H groups in total. The molecule has 3 aromatic rings. The zero-order chi connectivity index (χ0) is 21.8. The van der Waals surface area contributed by atoms with Crippen LogP contribution < -0.4 is 9.04 Å². The number of anilines is 2. The number of esters is 1. The van der Waals surface area contributed by atoms with Crippen molar-refractivity contribution in [2.75, 3.05) is 18.5 Å². The van der Waals surface area contributed by atoms with Gasteiger partial charge >= 0.3 is 5.97 Å². The summed E-state index contributed by atoms with van der Waals surface area (Å²) in [6.07, 6.45) is 1.29. The van der Waals surface area contributed by atoms with Crippen molar-refractivity contribution in [2.24, 2.45) is 0 Å². The lowest BCUT2D eigenvalue weighted by molar-refractivity contribution is 0.0600. The maximum absolute atomic E-state index is 12.1. The number of rotatable bonds is 7. The van der Waals surface area contributed by atoms with Gasteiger partial charge in [0.2, 0.25) is 5.89 Å². The van der Waals surface area contributed by atoms with Crippen LogP contribution in [0.25, 0.3) is 11.5 Å². The van der Waals surface area contributed by atoms with Crippen LogP contribution in [-0.4, -0.2) is 33.9 Å². The highest BCUT2D eigenvalue weighted by Crippen LogP contribution is 2.36. The first-order valence-electron chi connectivity index (χ1n) is 9.09. The molecule has 0 bridgehead atoms. The molecule has 1 atom stereocenters. The number of benzene rings is 2. The molecule has 8 nitrogen and oxygen atoms in total. The van der Waals surface area contributed by atoms with Gasteiger partial charge in [0, 0.05) is 5.56 Å². The van der Waals surface area contributed by atoms with E-state index in [1.807, 2.05) is 24.3 Å². The summed E-state index contributed by atoms with van der Waals surface area (Å²) >= 11 is -2.47. The maximum Gasteiger partial charge on any atom is 0.337 e. The molecule has 0 radical (unpaired) electrons. The van der Waals surface area contributed by atoms with Gasteiger partial charge in [0.05, 0.1) is 19.8 Å². The Hall–Kier alpha value is -3.17. The molecule has 30 heavy (non-hydrogen) atoms. The molecule has 158 valence electrons. The van der Waals surface area contributed by atoms with E-state index in [4.69, 9.17) is 13.9 Å². The first-order chi connectivity index (χ1) is 14.3. The summed E-state index contributed by atoms with van der Waals surface area (Å²) in [6, 6.07) is 12.1. The van der Waals surface area contributed by atoms with Crippen molar-refractivity contribution in [2.45, 2.75) is 19.8 Å². The molecular weight excluding hydrogens is 408 g/mol. The maximum atomic E-state index is 12.1. The molecule has 2 aromatic carbocycles. The number of oxazole rings is 1. The lowest BCUT2D eigenvalue weighted by atomic mass is 10.0. The molecular formula is C21H22N2O6S. The largest absolute Gasteiger partial charge is 0.495 e. The minimum Gasteiger partial charge on any atom is -0.495 e. The topological polar surface area (TPSA) is 102 Å². The smallest absolute Gasteiger partial charge is 0.337 e. The summed E-state index contributed by atoms with van der Waals surface area (Å²) < 4.78 is 38.6. The Bertz CT molecular complexity index is 1060. The zero-order valence-corrected chi connectivity index (χ0v) is 17.8. The molecule has 0 saturated carbocycles. The highest BCUT2D eigenvalue weighted by molar-refractivity contribution is 7.81. The Kier molecular flexibility index (Phi) is 6.53. The standard InChI is InChI=1S/C21H22N2O6S/c1-13(2)14-5-7-15(8-6-14)20-22-19(12-29-20)23(30(25)26)17-10-9-16(21(24)28-4)11-18(17)27-3/h5-13H,1-4H3,(H,25,26). The summed E-state index contributed by atoms with van der Waals surface area (Å²) in [5.41, 5.74) is 2.40. The number of ether oxygens (including phenoxy) is 2. The normalized spacial score (nSPS) is 11.9. The van der Waals surface area contributed by atoms with Gasteiger partial charge in [0.15, 0.2) is 5.82 Å². The second kappa shape index (κ2) is 9.10. The molecule has 1 unspecified atom stereocenters. The monoisotopic (exact) mass is 430 g/mol. The van der Waals surface area contributed by atoms with Crippen molar-refractivity contribution in [3.8, 4) is 17.2 Å². The number of aromatic nitrogens is 1. The summed E-state index contributed by atoms with van der Waals surface area (Å²) in [7, 11) is 2.66. The van der Waals surface area contributed by atoms with Crippen LogP contribution in [0.3, 0.4) is 0 Å². The predicted octanol–water partition coefficient (Wildman–Crippen LogP) is 4.54. The lowest BCUT2D eigenvalue weighted by Crippen LogP contribution is -2.20. The summed E-state index contributed by atoms with van der Waals surface area (Å²) in [5.74, 6) is 0.465. The van der Waals surface area contributed by atoms with Crippen molar-refractivity contribution in [1.29, 1.82) is 0 Å². The third kappa shape index (κ3) is 4.37. The van der Waals surface area contributed by atoms with Crippen LogP contribution in [0.15, 0.2) is 53.1 Å². The Morgan fingerprint density at radius 3 is 2.43 bits per heavy atom. The van der Waals surface area contributed by atoms with Gasteiger partial charge in [-0.1, -0.05) is 26.0 Å². The molecule has 0 fully saturated rings. The molecule has 0 saturated heterocycles. The van der Waals surface area contributed by atoms with Crippen molar-refractivity contribution in [3.05, 3.63) is 59.9 Å². The second-order valence-corrected chi connectivity index (χ2v) is 7.52. The summed E-state index contributed by atoms with van der Waals surface area (Å²) in [4.78, 5) is 16.1. The molecule has 0 aliphatic carbocycles. The van der Waals surface area contributed by atoms with Gasteiger partial charge in [-0.3, -0.25) is 4.55 Å². The number of nitrogens with zero attached hydrogens (tertiary/aromatic N) is 2. The number of carbonyl (C=O) groups excluding carboxylic acids is 1. The van der Waals surface area contributed by atoms with Crippen molar-refractivity contribution < 1.29 is 27.4 Å². The molecule has 0 amide bonds. The van der Waals surface area contributed by atoms with E-state index < -0.39 is 17.2 Å². The second-order valence-electron chi connectivity index (χ2n) is 6.69. The summed E-state index contributed by atoms with van der Waals surface area (Å²) in [6.45, 7) is 4.21. The molecule has 0 aliphatic heterocycles. The van der Waals surface area contributed by atoms with Gasteiger partial charge in [-0.25, -0.2) is 13.3 Å². The number of methoxy groups -OCH3 is 2. The van der Waals surface area contributed by atoms with Crippen molar-refractivity contribution in [3.63, 3.8) is 0 Å². The van der Waals surface area contributed by atoms with E-state index in [9.17, 15) is 13.6 Å². The van der Waals surface area contributed by atoms with Gasteiger partial charge < -0.3 is 13.9 Å². The summed E-state index contributed by atoms with van der Waals surface area (Å²) in [5, 5.41) is 0. The van der Waals surface area contributed by atoms with Crippen LogP contribution >= 0.6 is 0 Å². The number of hydrogen-bond donors (Lipinski definition) is 1. The molecule has 9 heteroatoms. The fraction of sp³-hybridized carbons (Fsp3) is 0.238. The minimum absolute atomic E-state index is 0.114. The van der Waals surface area contributed by atoms with Crippen molar-refractivity contribution >= 4 is 28.7 Å². The average molecular weight is 430 g/mol. The van der Waals surface area contributed by atoms with Gasteiger partial charge in [0.25, 0.3) is 11.3 Å². The van der Waals surface area contributed by atoms with Gasteiger partial charge in [-0.2, -0.15) is 4.98 Å². The van der Waals surface area contributed by atoms with E-state index in [0.29, 0.717) is 11.8 Å². The molecule has 3 rings (SSSR count). The quantitative estimate of drug-likeness (QED) is 0.434. The molecule has 1 heterocycles. The lowest BCUT2D eigenvalue weighted by Gasteiger charge is -2.19. The Morgan fingerprint density at radius 2 is 1.87 bits per heavy atom. The SMILES string of the molecule is COC(=O)c1ccc(N(c2coc(-c3ccc(C(C)C)cc3)n2)S(=O)O)c(OC)c1. The van der Waals surface area contributed by atoms with Crippen LogP contribution in [0.5, 0.6) is 5.75 Å². The first kappa shape index (κ1) is 21.5. The average Bonchev–Trinajstić information content (AvgIpc) is 3.22. The minimum atomic E-state index is -2.47. The Morgan fingerprint density at radius 1 is 1.17 bits per heavy atom. The fourth-order valence-corrected chi connectivity index (χ4v) is 3.44.